The van der Waals surface area contributed by atoms with Gasteiger partial charge in [0, 0.05) is 31.4 Å². The second-order valence-electron chi connectivity index (χ2n) is 5.44. The molecule has 0 radical (unpaired) electrons. The van der Waals surface area contributed by atoms with Gasteiger partial charge in [0.1, 0.15) is 0 Å². The van der Waals surface area contributed by atoms with E-state index in [1.54, 1.807) is 12.4 Å². The maximum Gasteiger partial charge on any atom is 0.237 e. The second-order valence-corrected chi connectivity index (χ2v) is 5.44. The van der Waals surface area contributed by atoms with Crippen molar-refractivity contribution in [3.63, 3.8) is 0 Å². The number of fused-ring (bicyclic) bond motifs is 1. The van der Waals surface area contributed by atoms with Crippen molar-refractivity contribution < 1.29 is 9.26 Å². The molecule has 7 nitrogen and oxygen atoms in total. The van der Waals surface area contributed by atoms with Gasteiger partial charge in [0.05, 0.1) is 18.6 Å². The molecule has 7 heteroatoms. The maximum absolute atomic E-state index is 5.67. The highest BCUT2D eigenvalue weighted by Crippen LogP contribution is 2.43. The van der Waals surface area contributed by atoms with Gasteiger partial charge in [0.25, 0.3) is 0 Å². The maximum atomic E-state index is 5.67. The molecule has 0 aromatic carbocycles. The summed E-state index contributed by atoms with van der Waals surface area (Å²) in [6.45, 7) is 4.77. The fourth-order valence-corrected chi connectivity index (χ4v) is 3.14. The number of rotatable bonds is 2. The molecule has 2 aliphatic rings. The van der Waals surface area contributed by atoms with Gasteiger partial charge in [-0.2, -0.15) is 4.98 Å². The fraction of sp³-hybridized carbons (Fsp3) is 0.538. The Bertz CT molecular complexity index is 616. The molecule has 0 unspecified atom stereocenters. The molecule has 0 bridgehead atoms. The van der Waals surface area contributed by atoms with Gasteiger partial charge in [-0.05, 0) is 13.0 Å². The molecule has 4 heterocycles. The summed E-state index contributed by atoms with van der Waals surface area (Å²) in [4.78, 5) is 15.3. The number of ether oxygens (including phenoxy) is 1. The Kier molecular flexibility index (Phi) is 2.50. The molecular weight excluding hydrogens is 258 g/mol. The molecule has 104 valence electrons. The van der Waals surface area contributed by atoms with E-state index in [0.29, 0.717) is 30.8 Å². The molecule has 2 atom stereocenters. The normalized spacial score (nSPS) is 28.9. The highest BCUT2D eigenvalue weighted by atomic mass is 16.5. The first-order valence-corrected chi connectivity index (χ1v) is 6.68. The van der Waals surface area contributed by atoms with Crippen LogP contribution in [0.1, 0.15) is 11.7 Å². The van der Waals surface area contributed by atoms with Gasteiger partial charge >= 0.3 is 0 Å². The van der Waals surface area contributed by atoms with E-state index in [2.05, 4.69) is 25.0 Å². The number of anilines is 1. The van der Waals surface area contributed by atoms with Crippen LogP contribution in [0.2, 0.25) is 0 Å². The van der Waals surface area contributed by atoms with E-state index in [-0.39, 0.29) is 5.41 Å². The molecule has 2 saturated heterocycles. The molecule has 2 aromatic heterocycles. The largest absolute Gasteiger partial charge is 0.380 e. The minimum absolute atomic E-state index is 0.222. The molecule has 4 rings (SSSR count). The molecule has 2 aromatic rings. The highest BCUT2D eigenvalue weighted by Gasteiger charge is 2.56. The van der Waals surface area contributed by atoms with Crippen molar-refractivity contribution in [2.24, 2.45) is 5.92 Å². The van der Waals surface area contributed by atoms with Gasteiger partial charge in [0.2, 0.25) is 11.8 Å². The van der Waals surface area contributed by atoms with Crippen LogP contribution in [0, 0.1) is 12.8 Å². The summed E-state index contributed by atoms with van der Waals surface area (Å²) in [6.07, 6.45) is 3.52. The van der Waals surface area contributed by atoms with Gasteiger partial charge in [-0.3, -0.25) is 0 Å². The van der Waals surface area contributed by atoms with Gasteiger partial charge < -0.3 is 14.2 Å². The topological polar surface area (TPSA) is 77.2 Å². The van der Waals surface area contributed by atoms with E-state index in [1.165, 1.54) is 0 Å². The van der Waals surface area contributed by atoms with Crippen LogP contribution in [0.3, 0.4) is 0 Å². The van der Waals surface area contributed by atoms with Crippen LogP contribution in [0.15, 0.2) is 23.0 Å². The molecule has 0 spiro atoms. The zero-order valence-corrected chi connectivity index (χ0v) is 11.2. The summed E-state index contributed by atoms with van der Waals surface area (Å²) in [7, 11) is 0. The Morgan fingerprint density at radius 1 is 1.35 bits per heavy atom. The van der Waals surface area contributed by atoms with Crippen molar-refractivity contribution in [3.05, 3.63) is 30.2 Å². The summed E-state index contributed by atoms with van der Waals surface area (Å²) < 4.78 is 11.1. The van der Waals surface area contributed by atoms with E-state index >= 15 is 0 Å². The van der Waals surface area contributed by atoms with E-state index < -0.39 is 0 Å². The Labute approximate surface area is 116 Å². The van der Waals surface area contributed by atoms with Crippen molar-refractivity contribution in [2.45, 2.75) is 12.3 Å². The van der Waals surface area contributed by atoms with Crippen LogP contribution < -0.4 is 4.90 Å². The monoisotopic (exact) mass is 273 g/mol. The smallest absolute Gasteiger partial charge is 0.237 e. The number of hydrogen-bond donors (Lipinski definition) is 0. The summed E-state index contributed by atoms with van der Waals surface area (Å²) in [5.41, 5.74) is -0.222. The van der Waals surface area contributed by atoms with Crippen LogP contribution in [-0.4, -0.2) is 46.4 Å². The van der Waals surface area contributed by atoms with Crippen molar-refractivity contribution >= 4 is 5.95 Å². The highest BCUT2D eigenvalue weighted by molar-refractivity contribution is 5.37. The standard InChI is InChI=1S/C13H15N5O2/c1-9-16-11(20-17-9)13-7-18(5-10(13)6-19-8-13)12-14-3-2-4-15-12/h2-4,10H,5-8H2,1H3/t10-,13-/m0/s1. The lowest BCUT2D eigenvalue weighted by Crippen LogP contribution is -2.36. The Hall–Kier alpha value is -2.02. The van der Waals surface area contributed by atoms with E-state index in [0.717, 1.165) is 19.0 Å². The Morgan fingerprint density at radius 2 is 2.20 bits per heavy atom. The summed E-state index contributed by atoms with van der Waals surface area (Å²) in [5.74, 6) is 2.43. The second kappa shape index (κ2) is 4.24. The first-order chi connectivity index (χ1) is 9.78. The Balaban J connectivity index is 1.69. The van der Waals surface area contributed by atoms with Crippen LogP contribution in [0.5, 0.6) is 0 Å². The van der Waals surface area contributed by atoms with Gasteiger partial charge in [0.15, 0.2) is 5.82 Å². The first-order valence-electron chi connectivity index (χ1n) is 6.68. The van der Waals surface area contributed by atoms with Crippen LogP contribution in [0.4, 0.5) is 5.95 Å². The third kappa shape index (κ3) is 1.62. The number of nitrogens with zero attached hydrogens (tertiary/aromatic N) is 5. The zero-order chi connectivity index (χ0) is 13.6. The fourth-order valence-electron chi connectivity index (χ4n) is 3.14. The molecular formula is C13H15N5O2. The van der Waals surface area contributed by atoms with Crippen molar-refractivity contribution in [3.8, 4) is 0 Å². The SMILES string of the molecule is Cc1noc([C@@]23COC[C@@H]2CN(c2ncccn2)C3)n1. The predicted octanol–water partition coefficient (Wildman–Crippen LogP) is 0.572. The third-order valence-electron chi connectivity index (χ3n) is 4.16. The number of hydrogen-bond acceptors (Lipinski definition) is 7. The predicted molar refractivity (Wildman–Crippen MR) is 69.3 cm³/mol. The molecule has 0 aliphatic carbocycles. The quantitative estimate of drug-likeness (QED) is 0.791. The first kappa shape index (κ1) is 11.8. The van der Waals surface area contributed by atoms with Gasteiger partial charge in [-0.25, -0.2) is 9.97 Å². The van der Waals surface area contributed by atoms with Crippen LogP contribution >= 0.6 is 0 Å². The lowest BCUT2D eigenvalue weighted by atomic mass is 9.81. The lowest BCUT2D eigenvalue weighted by molar-refractivity contribution is 0.164. The average Bonchev–Trinajstić information content (AvgIpc) is 3.12. The lowest BCUT2D eigenvalue weighted by Gasteiger charge is -2.22. The summed E-state index contributed by atoms with van der Waals surface area (Å²) in [6, 6.07) is 1.82. The Morgan fingerprint density at radius 3 is 2.95 bits per heavy atom. The molecule has 0 saturated carbocycles. The zero-order valence-electron chi connectivity index (χ0n) is 11.2. The van der Waals surface area contributed by atoms with Crippen molar-refractivity contribution in [1.29, 1.82) is 0 Å². The minimum Gasteiger partial charge on any atom is -0.380 e. The van der Waals surface area contributed by atoms with Crippen LogP contribution in [-0.2, 0) is 10.2 Å². The number of aromatic nitrogens is 4. The third-order valence-corrected chi connectivity index (χ3v) is 4.16. The molecule has 0 N–H and O–H groups in total. The number of aryl methyl sites for hydroxylation is 1. The van der Waals surface area contributed by atoms with Crippen molar-refractivity contribution in [1.82, 2.24) is 20.1 Å². The molecule has 0 amide bonds. The van der Waals surface area contributed by atoms with Gasteiger partial charge in [-0.15, -0.1) is 0 Å². The average molecular weight is 273 g/mol. The van der Waals surface area contributed by atoms with E-state index in [1.807, 2.05) is 13.0 Å². The van der Waals surface area contributed by atoms with Crippen LogP contribution in [0.25, 0.3) is 0 Å². The molecule has 2 fully saturated rings. The summed E-state index contributed by atoms with van der Waals surface area (Å²) >= 11 is 0. The molecule has 20 heavy (non-hydrogen) atoms. The van der Waals surface area contributed by atoms with E-state index in [9.17, 15) is 0 Å². The minimum atomic E-state index is -0.222. The van der Waals surface area contributed by atoms with Gasteiger partial charge in [-0.1, -0.05) is 5.16 Å². The van der Waals surface area contributed by atoms with E-state index in [4.69, 9.17) is 9.26 Å². The summed E-state index contributed by atoms with van der Waals surface area (Å²) in [5, 5.41) is 3.92. The van der Waals surface area contributed by atoms with Crippen molar-refractivity contribution in [2.75, 3.05) is 31.2 Å². The molecule has 2 aliphatic heterocycles.